The molecule has 15 heavy (non-hydrogen) atoms. The number of Topliss-reactive ketones (excluding diaryl/α,β-unsaturated/α-hetero) is 1. The summed E-state index contributed by atoms with van der Waals surface area (Å²) < 4.78 is 5.22. The van der Waals surface area contributed by atoms with Gasteiger partial charge in [0.2, 0.25) is 0 Å². The number of hydrogen-bond donors (Lipinski definition) is 1. The van der Waals surface area contributed by atoms with E-state index in [9.17, 15) is 9.59 Å². The molecule has 4 nitrogen and oxygen atoms in total. The molecule has 1 N–H and O–H groups in total. The number of carboxylic acid groups (broad SMARTS) is 1. The van der Waals surface area contributed by atoms with Gasteiger partial charge in [-0.25, -0.2) is 0 Å². The Morgan fingerprint density at radius 2 is 2.00 bits per heavy atom. The first-order valence-electron chi connectivity index (χ1n) is 5.40. The lowest BCUT2D eigenvalue weighted by Crippen LogP contribution is -2.14. The van der Waals surface area contributed by atoms with Crippen LogP contribution < -0.4 is 0 Å². The van der Waals surface area contributed by atoms with Crippen LogP contribution in [0.5, 0.6) is 0 Å². The SMILES string of the molecule is CCCOCCCC(=O)CC(C)C(=O)O. The predicted octanol–water partition coefficient (Wildman–Crippen LogP) is 1.87. The highest BCUT2D eigenvalue weighted by atomic mass is 16.5. The molecule has 0 amide bonds. The van der Waals surface area contributed by atoms with Crippen LogP contribution in [0, 0.1) is 5.92 Å². The van der Waals surface area contributed by atoms with Crippen LogP contribution in [0.25, 0.3) is 0 Å². The Bertz CT molecular complexity index is 201. The summed E-state index contributed by atoms with van der Waals surface area (Å²) in [4.78, 5) is 21.7. The van der Waals surface area contributed by atoms with Crippen molar-refractivity contribution in [2.45, 2.75) is 39.5 Å². The van der Waals surface area contributed by atoms with Crippen LogP contribution in [0.3, 0.4) is 0 Å². The van der Waals surface area contributed by atoms with Gasteiger partial charge in [0.1, 0.15) is 5.78 Å². The van der Waals surface area contributed by atoms with Gasteiger partial charge in [-0.05, 0) is 12.8 Å². The molecule has 1 atom stereocenters. The third-order valence-corrected chi connectivity index (χ3v) is 2.05. The fourth-order valence-corrected chi connectivity index (χ4v) is 1.15. The van der Waals surface area contributed by atoms with Crippen molar-refractivity contribution in [3.8, 4) is 0 Å². The van der Waals surface area contributed by atoms with Crippen molar-refractivity contribution in [2.75, 3.05) is 13.2 Å². The summed E-state index contributed by atoms with van der Waals surface area (Å²) in [6.45, 7) is 4.88. The van der Waals surface area contributed by atoms with Gasteiger partial charge in [0.15, 0.2) is 0 Å². The zero-order valence-electron chi connectivity index (χ0n) is 9.49. The molecule has 4 heteroatoms. The molecule has 0 spiro atoms. The minimum Gasteiger partial charge on any atom is -0.481 e. The topological polar surface area (TPSA) is 63.6 Å². The lowest BCUT2D eigenvalue weighted by atomic mass is 10.0. The minimum atomic E-state index is -0.911. The average Bonchev–Trinajstić information content (AvgIpc) is 2.17. The Morgan fingerprint density at radius 1 is 1.33 bits per heavy atom. The molecule has 0 radical (unpaired) electrons. The smallest absolute Gasteiger partial charge is 0.306 e. The molecule has 0 aromatic rings. The standard InChI is InChI=1S/C11H20O4/c1-3-6-15-7-4-5-10(12)8-9(2)11(13)14/h9H,3-8H2,1-2H3,(H,13,14). The number of hydrogen-bond acceptors (Lipinski definition) is 3. The van der Waals surface area contributed by atoms with Gasteiger partial charge in [-0.3, -0.25) is 9.59 Å². The maximum Gasteiger partial charge on any atom is 0.306 e. The van der Waals surface area contributed by atoms with E-state index in [0.29, 0.717) is 19.4 Å². The van der Waals surface area contributed by atoms with Crippen molar-refractivity contribution in [1.29, 1.82) is 0 Å². The van der Waals surface area contributed by atoms with Crippen molar-refractivity contribution >= 4 is 11.8 Å². The van der Waals surface area contributed by atoms with E-state index in [1.807, 2.05) is 6.92 Å². The van der Waals surface area contributed by atoms with E-state index in [-0.39, 0.29) is 12.2 Å². The average molecular weight is 216 g/mol. The van der Waals surface area contributed by atoms with E-state index in [2.05, 4.69) is 0 Å². The molecular formula is C11H20O4. The number of ketones is 1. The van der Waals surface area contributed by atoms with Gasteiger partial charge >= 0.3 is 5.97 Å². The van der Waals surface area contributed by atoms with E-state index in [0.717, 1.165) is 13.0 Å². The van der Waals surface area contributed by atoms with Crippen LogP contribution in [-0.2, 0) is 14.3 Å². The van der Waals surface area contributed by atoms with Crippen LogP contribution in [0.2, 0.25) is 0 Å². The molecule has 0 saturated carbocycles. The molecule has 88 valence electrons. The van der Waals surface area contributed by atoms with E-state index < -0.39 is 11.9 Å². The predicted molar refractivity (Wildman–Crippen MR) is 56.8 cm³/mol. The van der Waals surface area contributed by atoms with Crippen molar-refractivity contribution < 1.29 is 19.4 Å². The monoisotopic (exact) mass is 216 g/mol. The summed E-state index contributed by atoms with van der Waals surface area (Å²) in [5.74, 6) is -1.48. The highest BCUT2D eigenvalue weighted by Gasteiger charge is 2.14. The van der Waals surface area contributed by atoms with Crippen LogP contribution in [0.15, 0.2) is 0 Å². The number of ether oxygens (including phenoxy) is 1. The maximum absolute atomic E-state index is 11.3. The van der Waals surface area contributed by atoms with Gasteiger partial charge in [0, 0.05) is 26.1 Å². The van der Waals surface area contributed by atoms with E-state index in [1.54, 1.807) is 6.92 Å². The van der Waals surface area contributed by atoms with E-state index in [4.69, 9.17) is 9.84 Å². The number of carbonyl (C=O) groups excluding carboxylic acids is 1. The van der Waals surface area contributed by atoms with Crippen LogP contribution in [0.4, 0.5) is 0 Å². The largest absolute Gasteiger partial charge is 0.481 e. The second-order valence-corrected chi connectivity index (χ2v) is 3.70. The molecule has 0 aromatic heterocycles. The first-order chi connectivity index (χ1) is 7.07. The summed E-state index contributed by atoms with van der Waals surface area (Å²) in [5, 5.41) is 8.60. The minimum absolute atomic E-state index is 0.00463. The number of carbonyl (C=O) groups is 2. The second kappa shape index (κ2) is 8.41. The molecule has 0 aliphatic rings. The third-order valence-electron chi connectivity index (χ3n) is 2.05. The normalized spacial score (nSPS) is 12.4. The van der Waals surface area contributed by atoms with Crippen LogP contribution in [0.1, 0.15) is 39.5 Å². The van der Waals surface area contributed by atoms with Crippen LogP contribution >= 0.6 is 0 Å². The lowest BCUT2D eigenvalue weighted by Gasteiger charge is -2.05. The fourth-order valence-electron chi connectivity index (χ4n) is 1.15. The Labute approximate surface area is 90.6 Å². The molecule has 1 unspecified atom stereocenters. The molecule has 0 bridgehead atoms. The van der Waals surface area contributed by atoms with Crippen molar-refractivity contribution in [3.05, 3.63) is 0 Å². The van der Waals surface area contributed by atoms with Crippen molar-refractivity contribution in [3.63, 3.8) is 0 Å². The lowest BCUT2D eigenvalue weighted by molar-refractivity contribution is -0.143. The van der Waals surface area contributed by atoms with E-state index in [1.165, 1.54) is 0 Å². The number of aliphatic carboxylic acids is 1. The van der Waals surface area contributed by atoms with Gasteiger partial charge in [0.05, 0.1) is 5.92 Å². The third kappa shape index (κ3) is 8.12. The van der Waals surface area contributed by atoms with Gasteiger partial charge in [-0.15, -0.1) is 0 Å². The molecule has 0 aromatic carbocycles. The Hall–Kier alpha value is -0.900. The number of carboxylic acids is 1. The van der Waals surface area contributed by atoms with Crippen molar-refractivity contribution in [1.82, 2.24) is 0 Å². The van der Waals surface area contributed by atoms with Crippen LogP contribution in [-0.4, -0.2) is 30.1 Å². The maximum atomic E-state index is 11.3. The summed E-state index contributed by atoms with van der Waals surface area (Å²) in [6, 6.07) is 0. The Morgan fingerprint density at radius 3 is 2.53 bits per heavy atom. The Kier molecular flexibility index (Phi) is 7.91. The van der Waals surface area contributed by atoms with Crippen molar-refractivity contribution in [2.24, 2.45) is 5.92 Å². The van der Waals surface area contributed by atoms with Gasteiger partial charge in [-0.1, -0.05) is 13.8 Å². The number of rotatable bonds is 9. The summed E-state index contributed by atoms with van der Waals surface area (Å²) in [5.41, 5.74) is 0. The molecule has 0 rings (SSSR count). The van der Waals surface area contributed by atoms with Gasteiger partial charge in [-0.2, -0.15) is 0 Å². The summed E-state index contributed by atoms with van der Waals surface area (Å²) in [6.07, 6.45) is 2.21. The van der Waals surface area contributed by atoms with E-state index >= 15 is 0 Å². The quantitative estimate of drug-likeness (QED) is 0.598. The molecule has 0 heterocycles. The van der Waals surface area contributed by atoms with Gasteiger partial charge in [0.25, 0.3) is 0 Å². The zero-order chi connectivity index (χ0) is 11.7. The molecule has 0 fully saturated rings. The summed E-state index contributed by atoms with van der Waals surface area (Å²) >= 11 is 0. The highest BCUT2D eigenvalue weighted by Crippen LogP contribution is 2.06. The Balaban J connectivity index is 3.45. The fraction of sp³-hybridized carbons (Fsp3) is 0.818. The zero-order valence-corrected chi connectivity index (χ0v) is 9.49. The molecule has 0 saturated heterocycles. The van der Waals surface area contributed by atoms with Gasteiger partial charge < -0.3 is 9.84 Å². The molecule has 0 aliphatic heterocycles. The highest BCUT2D eigenvalue weighted by molar-refractivity contribution is 5.83. The summed E-state index contributed by atoms with van der Waals surface area (Å²) in [7, 11) is 0. The first-order valence-corrected chi connectivity index (χ1v) is 5.40. The second-order valence-electron chi connectivity index (χ2n) is 3.70. The molecule has 0 aliphatic carbocycles. The first kappa shape index (κ1) is 14.1. The molecular weight excluding hydrogens is 196 g/mol.